The van der Waals surface area contributed by atoms with Crippen LogP contribution in [0.25, 0.3) is 0 Å². The molecule has 0 saturated heterocycles. The van der Waals surface area contributed by atoms with Crippen molar-refractivity contribution in [1.29, 1.82) is 0 Å². The molecule has 0 aromatic heterocycles. The summed E-state index contributed by atoms with van der Waals surface area (Å²) in [6.45, 7) is 2.53. The Morgan fingerprint density at radius 2 is 2.36 bits per heavy atom. The van der Waals surface area contributed by atoms with E-state index in [4.69, 9.17) is 14.2 Å². The average Bonchev–Trinajstić information content (AvgIpc) is 2.21. The molecule has 1 rings (SSSR count). The lowest BCUT2D eigenvalue weighted by molar-refractivity contribution is -0.131. The molecular weight excluding hydrogens is 203 g/mol. The predicted molar refractivity (Wildman–Crippen MR) is 56.1 cm³/mol. The van der Waals surface area contributed by atoms with Gasteiger partial charge in [0.25, 0.3) is 0 Å². The van der Waals surface area contributed by atoms with Crippen LogP contribution in [0.3, 0.4) is 0 Å². The minimum absolute atomic E-state index is 0.215. The van der Waals surface area contributed by atoms with Gasteiger partial charge in [0.1, 0.15) is 0 Å². The smallest absolute Gasteiger partial charge is 0.328 e. The summed E-state index contributed by atoms with van der Waals surface area (Å²) in [6, 6.07) is 0. The highest BCUT2D eigenvalue weighted by Gasteiger charge is 1.86. The van der Waals surface area contributed by atoms with E-state index in [9.17, 15) is 4.79 Å². The number of carboxylic acids is 1. The Labute approximate surface area is 84.9 Å². The van der Waals surface area contributed by atoms with E-state index in [-0.39, 0.29) is 9.03 Å². The SMILES string of the molecule is C/C=C/C=C/C(=O)O.C1=COPOC1. The highest BCUT2D eigenvalue weighted by molar-refractivity contribution is 7.26. The van der Waals surface area contributed by atoms with Crippen molar-refractivity contribution >= 4 is 15.0 Å². The number of aliphatic carboxylic acids is 1. The molecule has 4 nitrogen and oxygen atoms in total. The molecule has 0 aliphatic carbocycles. The molecule has 1 atom stereocenters. The van der Waals surface area contributed by atoms with Gasteiger partial charge < -0.3 is 14.2 Å². The van der Waals surface area contributed by atoms with E-state index in [0.29, 0.717) is 6.61 Å². The van der Waals surface area contributed by atoms with Crippen LogP contribution in [0.2, 0.25) is 0 Å². The molecule has 0 bridgehead atoms. The monoisotopic (exact) mass is 216 g/mol. The molecule has 0 aromatic rings. The highest BCUT2D eigenvalue weighted by Crippen LogP contribution is 2.16. The van der Waals surface area contributed by atoms with Gasteiger partial charge in [0.15, 0.2) is 0 Å². The molecule has 1 unspecified atom stereocenters. The topological polar surface area (TPSA) is 55.8 Å². The van der Waals surface area contributed by atoms with Gasteiger partial charge in [0, 0.05) is 6.08 Å². The Morgan fingerprint density at radius 3 is 2.64 bits per heavy atom. The summed E-state index contributed by atoms with van der Waals surface area (Å²) in [5.41, 5.74) is 0. The van der Waals surface area contributed by atoms with Crippen LogP contribution >= 0.6 is 9.03 Å². The van der Waals surface area contributed by atoms with Crippen LogP contribution < -0.4 is 0 Å². The van der Waals surface area contributed by atoms with E-state index in [0.717, 1.165) is 6.08 Å². The second kappa shape index (κ2) is 9.96. The van der Waals surface area contributed by atoms with Gasteiger partial charge in [-0.15, -0.1) is 0 Å². The minimum atomic E-state index is -0.914. The molecule has 1 aliphatic heterocycles. The maximum absolute atomic E-state index is 9.75. The second-order valence-corrected chi connectivity index (χ2v) is 2.80. The van der Waals surface area contributed by atoms with E-state index >= 15 is 0 Å². The van der Waals surface area contributed by atoms with Gasteiger partial charge >= 0.3 is 5.97 Å². The number of carbonyl (C=O) groups is 1. The standard InChI is InChI=1S/C6H8O2.C3H5O2P/c1-2-3-4-5-6(7)8;1-2-4-6-5-3-1/h2-5H,1H3,(H,7,8);1-2,6H,3H2/b3-2+,5-4+;. The van der Waals surface area contributed by atoms with Crippen molar-refractivity contribution in [3.63, 3.8) is 0 Å². The number of rotatable bonds is 2. The molecule has 1 N–H and O–H groups in total. The van der Waals surface area contributed by atoms with E-state index in [1.807, 2.05) is 13.0 Å². The van der Waals surface area contributed by atoms with Crippen molar-refractivity contribution < 1.29 is 18.9 Å². The summed E-state index contributed by atoms with van der Waals surface area (Å²) in [5, 5.41) is 8.02. The van der Waals surface area contributed by atoms with E-state index in [2.05, 4.69) is 0 Å². The number of hydrogen-bond donors (Lipinski definition) is 1. The number of hydrogen-bond acceptors (Lipinski definition) is 3. The van der Waals surface area contributed by atoms with Crippen LogP contribution in [-0.4, -0.2) is 17.7 Å². The Kier molecular flexibility index (Phi) is 9.17. The first-order chi connectivity index (χ1) is 6.77. The molecule has 0 fully saturated rings. The summed E-state index contributed by atoms with van der Waals surface area (Å²) in [6.07, 6.45) is 9.47. The lowest BCUT2D eigenvalue weighted by atomic mass is 10.4. The molecular formula is C9H13O4P. The number of carboxylic acid groups (broad SMARTS) is 1. The van der Waals surface area contributed by atoms with Crippen LogP contribution in [0, 0.1) is 0 Å². The van der Waals surface area contributed by atoms with Crippen molar-refractivity contribution in [2.75, 3.05) is 6.61 Å². The fourth-order valence-corrected chi connectivity index (χ4v) is 0.864. The quantitative estimate of drug-likeness (QED) is 0.437. The average molecular weight is 216 g/mol. The molecule has 0 radical (unpaired) electrons. The molecule has 0 amide bonds. The number of allylic oxidation sites excluding steroid dienone is 3. The zero-order valence-electron chi connectivity index (χ0n) is 7.84. The third-order valence-electron chi connectivity index (χ3n) is 0.993. The normalized spacial score (nSPS) is 16.6. The molecule has 0 spiro atoms. The van der Waals surface area contributed by atoms with Crippen molar-refractivity contribution in [3.8, 4) is 0 Å². The molecule has 0 aromatic carbocycles. The third kappa shape index (κ3) is 10.9. The predicted octanol–water partition coefficient (Wildman–Crippen LogP) is 2.26. The van der Waals surface area contributed by atoms with E-state index in [1.165, 1.54) is 6.08 Å². The molecule has 1 heterocycles. The lowest BCUT2D eigenvalue weighted by Crippen LogP contribution is -1.83. The lowest BCUT2D eigenvalue weighted by Gasteiger charge is -2.02. The fourth-order valence-electron chi connectivity index (χ4n) is 0.480. The van der Waals surface area contributed by atoms with Gasteiger partial charge in [0.2, 0.25) is 9.03 Å². The van der Waals surface area contributed by atoms with Gasteiger partial charge in [-0.3, -0.25) is 0 Å². The largest absolute Gasteiger partial charge is 0.478 e. The van der Waals surface area contributed by atoms with Gasteiger partial charge in [-0.05, 0) is 13.0 Å². The maximum Gasteiger partial charge on any atom is 0.328 e. The highest BCUT2D eigenvalue weighted by atomic mass is 31.1. The maximum atomic E-state index is 9.75. The van der Waals surface area contributed by atoms with Crippen LogP contribution in [0.1, 0.15) is 6.92 Å². The molecule has 14 heavy (non-hydrogen) atoms. The van der Waals surface area contributed by atoms with Gasteiger partial charge in [-0.1, -0.05) is 18.2 Å². The summed E-state index contributed by atoms with van der Waals surface area (Å²) >= 11 is 0. The third-order valence-corrected chi connectivity index (χ3v) is 1.51. The summed E-state index contributed by atoms with van der Waals surface area (Å²) in [5.74, 6) is -0.914. The molecule has 0 saturated carbocycles. The zero-order valence-corrected chi connectivity index (χ0v) is 8.84. The summed E-state index contributed by atoms with van der Waals surface area (Å²) in [7, 11) is 0.215. The molecule has 5 heteroatoms. The molecule has 1 aliphatic rings. The van der Waals surface area contributed by atoms with Crippen LogP contribution in [0.15, 0.2) is 36.6 Å². The van der Waals surface area contributed by atoms with Gasteiger partial charge in [0.05, 0.1) is 12.9 Å². The van der Waals surface area contributed by atoms with Gasteiger partial charge in [-0.25, -0.2) is 4.79 Å². The van der Waals surface area contributed by atoms with Gasteiger partial charge in [-0.2, -0.15) is 0 Å². The summed E-state index contributed by atoms with van der Waals surface area (Å²) < 4.78 is 9.48. The Hall–Kier alpha value is -1.12. The Bertz CT molecular complexity index is 225. The van der Waals surface area contributed by atoms with Crippen molar-refractivity contribution in [2.24, 2.45) is 0 Å². The van der Waals surface area contributed by atoms with Crippen LogP contribution in [0.4, 0.5) is 0 Å². The Balaban J connectivity index is 0.000000249. The zero-order chi connectivity index (χ0) is 10.6. The van der Waals surface area contributed by atoms with Crippen molar-refractivity contribution in [3.05, 3.63) is 36.6 Å². The van der Waals surface area contributed by atoms with E-state index in [1.54, 1.807) is 18.4 Å². The van der Waals surface area contributed by atoms with Crippen molar-refractivity contribution in [2.45, 2.75) is 6.92 Å². The first-order valence-corrected chi connectivity index (χ1v) is 4.78. The van der Waals surface area contributed by atoms with Crippen molar-refractivity contribution in [1.82, 2.24) is 0 Å². The van der Waals surface area contributed by atoms with E-state index < -0.39 is 5.97 Å². The fraction of sp³-hybridized carbons (Fsp3) is 0.222. The van der Waals surface area contributed by atoms with Crippen LogP contribution in [0.5, 0.6) is 0 Å². The minimum Gasteiger partial charge on any atom is -0.478 e. The summed E-state index contributed by atoms with van der Waals surface area (Å²) in [4.78, 5) is 9.75. The first kappa shape index (κ1) is 12.9. The second-order valence-electron chi connectivity index (χ2n) is 2.11. The van der Waals surface area contributed by atoms with Crippen LogP contribution in [-0.2, 0) is 13.8 Å². The first-order valence-electron chi connectivity index (χ1n) is 3.97. The molecule has 78 valence electrons. The Morgan fingerprint density at radius 1 is 1.57 bits per heavy atom.